The first-order chi connectivity index (χ1) is 17.4. The van der Waals surface area contributed by atoms with Crippen molar-refractivity contribution in [2.75, 3.05) is 7.05 Å². The van der Waals surface area contributed by atoms with Gasteiger partial charge in [0.1, 0.15) is 10.9 Å². The van der Waals surface area contributed by atoms with E-state index in [-0.39, 0.29) is 17.9 Å². The number of thiazole rings is 1. The molecule has 0 aliphatic rings. The van der Waals surface area contributed by atoms with Crippen LogP contribution in [0.25, 0.3) is 22.6 Å². The highest BCUT2D eigenvalue weighted by Crippen LogP contribution is 2.28. The van der Waals surface area contributed by atoms with E-state index in [9.17, 15) is 9.59 Å². The van der Waals surface area contributed by atoms with Crippen molar-refractivity contribution < 1.29 is 14.0 Å². The average molecular weight is 507 g/mol. The summed E-state index contributed by atoms with van der Waals surface area (Å²) in [7, 11) is 3.53. The fourth-order valence-corrected chi connectivity index (χ4v) is 4.53. The molecular weight excluding hydrogens is 476 g/mol. The molecule has 0 spiro atoms. The topological polar surface area (TPSA) is 115 Å². The second-order valence-corrected chi connectivity index (χ2v) is 9.79. The predicted molar refractivity (Wildman–Crippen MR) is 138 cm³/mol. The van der Waals surface area contributed by atoms with Crippen molar-refractivity contribution in [1.82, 2.24) is 30.4 Å². The van der Waals surface area contributed by atoms with E-state index in [2.05, 4.69) is 25.7 Å². The zero-order valence-corrected chi connectivity index (χ0v) is 21.5. The van der Waals surface area contributed by atoms with E-state index in [4.69, 9.17) is 4.42 Å². The predicted octanol–water partition coefficient (Wildman–Crippen LogP) is 4.67. The summed E-state index contributed by atoms with van der Waals surface area (Å²) in [5.74, 6) is 0.923. The van der Waals surface area contributed by atoms with Crippen molar-refractivity contribution in [2.24, 2.45) is 7.05 Å². The number of hydrogen-bond donors (Lipinski definition) is 2. The summed E-state index contributed by atoms with van der Waals surface area (Å²) in [6.45, 7) is 1.87. The SMILES string of the molecule is CNC(=O)CCCCC[C@@H](NC(=O)c1cnc(C)s1)c1ncc(-c2ccc(-c3ccn(C)n3)cc2)o1. The molecule has 0 aliphatic heterocycles. The van der Waals surface area contributed by atoms with E-state index in [1.54, 1.807) is 24.1 Å². The zero-order valence-electron chi connectivity index (χ0n) is 20.7. The Morgan fingerprint density at radius 2 is 1.83 bits per heavy atom. The second-order valence-electron chi connectivity index (χ2n) is 8.56. The van der Waals surface area contributed by atoms with E-state index in [0.29, 0.717) is 29.4 Å². The Bertz CT molecular complexity index is 1310. The molecule has 0 aliphatic carbocycles. The smallest absolute Gasteiger partial charge is 0.263 e. The van der Waals surface area contributed by atoms with Crippen molar-refractivity contribution in [3.8, 4) is 22.6 Å². The number of carbonyl (C=O) groups is 2. The molecule has 0 bridgehead atoms. The van der Waals surface area contributed by atoms with Gasteiger partial charge >= 0.3 is 0 Å². The van der Waals surface area contributed by atoms with Crippen molar-refractivity contribution in [3.63, 3.8) is 0 Å². The van der Waals surface area contributed by atoms with E-state index >= 15 is 0 Å². The lowest BCUT2D eigenvalue weighted by Gasteiger charge is -2.15. The largest absolute Gasteiger partial charge is 0.438 e. The molecule has 2 amide bonds. The molecular formula is C26H30N6O3S. The molecule has 2 N–H and O–H groups in total. The Morgan fingerprint density at radius 1 is 1.06 bits per heavy atom. The van der Waals surface area contributed by atoms with Crippen molar-refractivity contribution in [2.45, 2.75) is 45.1 Å². The van der Waals surface area contributed by atoms with Gasteiger partial charge in [-0.25, -0.2) is 9.97 Å². The summed E-state index contributed by atoms with van der Waals surface area (Å²) in [6.07, 6.45) is 8.79. The van der Waals surface area contributed by atoms with Gasteiger partial charge in [-0.05, 0) is 25.8 Å². The summed E-state index contributed by atoms with van der Waals surface area (Å²) < 4.78 is 7.88. The minimum Gasteiger partial charge on any atom is -0.438 e. The first-order valence-electron chi connectivity index (χ1n) is 11.9. The van der Waals surface area contributed by atoms with Crippen LogP contribution >= 0.6 is 11.3 Å². The molecule has 36 heavy (non-hydrogen) atoms. The first kappa shape index (κ1) is 25.3. The summed E-state index contributed by atoms with van der Waals surface area (Å²) >= 11 is 1.35. The van der Waals surface area contributed by atoms with Crippen molar-refractivity contribution in [1.29, 1.82) is 0 Å². The number of oxazole rings is 1. The van der Waals surface area contributed by atoms with Crippen LogP contribution in [0.5, 0.6) is 0 Å². The van der Waals surface area contributed by atoms with Gasteiger partial charge in [0.2, 0.25) is 11.8 Å². The monoisotopic (exact) mass is 506 g/mol. The highest BCUT2D eigenvalue weighted by Gasteiger charge is 2.22. The molecule has 1 atom stereocenters. The summed E-state index contributed by atoms with van der Waals surface area (Å²) in [6, 6.07) is 9.52. The van der Waals surface area contributed by atoms with Gasteiger partial charge in [-0.15, -0.1) is 11.3 Å². The van der Waals surface area contributed by atoms with Crippen LogP contribution in [0, 0.1) is 6.92 Å². The Balaban J connectivity index is 1.46. The van der Waals surface area contributed by atoms with Crippen LogP contribution in [-0.2, 0) is 11.8 Å². The molecule has 3 heterocycles. The third-order valence-corrected chi connectivity index (χ3v) is 6.74. The minimum atomic E-state index is -0.388. The lowest BCUT2D eigenvalue weighted by molar-refractivity contribution is -0.120. The lowest BCUT2D eigenvalue weighted by Crippen LogP contribution is -2.28. The van der Waals surface area contributed by atoms with Crippen LogP contribution in [0.4, 0.5) is 0 Å². The van der Waals surface area contributed by atoms with Gasteiger partial charge in [-0.3, -0.25) is 14.3 Å². The van der Waals surface area contributed by atoms with Crippen molar-refractivity contribution >= 4 is 23.2 Å². The number of rotatable bonds is 11. The Hall–Kier alpha value is -3.79. The molecule has 3 aromatic heterocycles. The number of aryl methyl sites for hydroxylation is 2. The lowest BCUT2D eigenvalue weighted by atomic mass is 10.1. The highest BCUT2D eigenvalue weighted by atomic mass is 32.1. The van der Waals surface area contributed by atoms with E-state index < -0.39 is 0 Å². The molecule has 0 fully saturated rings. The maximum Gasteiger partial charge on any atom is 0.263 e. The summed E-state index contributed by atoms with van der Waals surface area (Å²) in [5, 5.41) is 11.0. The summed E-state index contributed by atoms with van der Waals surface area (Å²) in [5.41, 5.74) is 2.81. The number of unbranched alkanes of at least 4 members (excludes halogenated alkanes) is 2. The van der Waals surface area contributed by atoms with Crippen LogP contribution in [0.2, 0.25) is 0 Å². The molecule has 0 radical (unpaired) electrons. The van der Waals surface area contributed by atoms with Crippen LogP contribution < -0.4 is 10.6 Å². The van der Waals surface area contributed by atoms with Gasteiger partial charge in [0.15, 0.2) is 5.76 Å². The third-order valence-electron chi connectivity index (χ3n) is 5.83. The number of aromatic nitrogens is 4. The van der Waals surface area contributed by atoms with Crippen LogP contribution in [0.15, 0.2) is 53.3 Å². The van der Waals surface area contributed by atoms with Crippen molar-refractivity contribution in [3.05, 3.63) is 64.7 Å². The van der Waals surface area contributed by atoms with Gasteiger partial charge in [-0.2, -0.15) is 5.10 Å². The molecule has 4 aromatic rings. The molecule has 1 aromatic carbocycles. The van der Waals surface area contributed by atoms with Crippen LogP contribution in [0.3, 0.4) is 0 Å². The number of hydrogen-bond acceptors (Lipinski definition) is 7. The third kappa shape index (κ3) is 6.45. The quantitative estimate of drug-likeness (QED) is 0.286. The number of carbonyl (C=O) groups excluding carboxylic acids is 2. The number of nitrogens with zero attached hydrogens (tertiary/aromatic N) is 4. The average Bonchev–Trinajstić information content (AvgIpc) is 3.64. The first-order valence-corrected chi connectivity index (χ1v) is 12.7. The van der Waals surface area contributed by atoms with Gasteiger partial charge < -0.3 is 15.1 Å². The molecule has 4 rings (SSSR count). The molecule has 0 saturated carbocycles. The maximum absolute atomic E-state index is 12.8. The Labute approximate surface area is 214 Å². The van der Waals surface area contributed by atoms with E-state index in [1.165, 1.54) is 11.3 Å². The fourth-order valence-electron chi connectivity index (χ4n) is 3.85. The standard InChI is InChI=1S/C26H30N6O3S/c1-17-28-16-23(36-17)25(34)30-21(7-5-4-6-8-24(33)27-2)26-29-15-22(35-26)19-11-9-18(10-12-19)20-13-14-32(3)31-20/h9-16,21H,4-8H2,1-3H3,(H,27,33)(H,30,34)/t21-/m1/s1. The molecule has 10 heteroatoms. The molecule has 188 valence electrons. The van der Waals surface area contributed by atoms with Gasteiger partial charge in [0.25, 0.3) is 5.91 Å². The normalized spacial score (nSPS) is 11.9. The Morgan fingerprint density at radius 3 is 2.50 bits per heavy atom. The van der Waals surface area contributed by atoms with Gasteiger partial charge in [0.05, 0.1) is 23.1 Å². The van der Waals surface area contributed by atoms with Gasteiger partial charge in [-0.1, -0.05) is 37.1 Å². The Kier molecular flexibility index (Phi) is 8.27. The summed E-state index contributed by atoms with van der Waals surface area (Å²) in [4.78, 5) is 33.5. The molecule has 0 saturated heterocycles. The van der Waals surface area contributed by atoms with E-state index in [1.807, 2.05) is 50.5 Å². The van der Waals surface area contributed by atoms with Crippen LogP contribution in [0.1, 0.15) is 58.7 Å². The zero-order chi connectivity index (χ0) is 25.5. The van der Waals surface area contributed by atoms with Crippen LogP contribution in [-0.4, -0.2) is 38.6 Å². The second kappa shape index (κ2) is 11.8. The highest BCUT2D eigenvalue weighted by molar-refractivity contribution is 7.13. The number of benzene rings is 1. The maximum atomic E-state index is 12.8. The number of amides is 2. The van der Waals surface area contributed by atoms with Gasteiger partial charge in [0, 0.05) is 37.8 Å². The van der Waals surface area contributed by atoms with E-state index in [0.717, 1.165) is 41.1 Å². The molecule has 9 nitrogen and oxygen atoms in total. The number of nitrogens with one attached hydrogen (secondary N) is 2. The minimum absolute atomic E-state index is 0.0341. The fraction of sp³-hybridized carbons (Fsp3) is 0.346. The molecule has 0 unspecified atom stereocenters.